The monoisotopic (exact) mass is 492 g/mol. The Kier molecular flexibility index (Phi) is 4.18. The van der Waals surface area contributed by atoms with Crippen molar-refractivity contribution in [1.82, 2.24) is 0 Å². The zero-order valence-electron chi connectivity index (χ0n) is 17.6. The quantitative estimate of drug-likeness (QED) is 0.283. The minimum atomic E-state index is 0.0462. The molecule has 3 aliphatic rings. The number of aryl methyl sites for hydroxylation is 2. The Morgan fingerprint density at radius 2 is 1.03 bits per heavy atom. The Hall–Kier alpha value is -1.86. The Balaban J connectivity index is 1.23. The van der Waals surface area contributed by atoms with Gasteiger partial charge in [0.05, 0.1) is 0 Å². The summed E-state index contributed by atoms with van der Waals surface area (Å²) in [6.07, 6.45) is 1.65. The molecule has 1 fully saturated rings. The minimum absolute atomic E-state index is 0.0462. The fourth-order valence-electron chi connectivity index (χ4n) is 5.89. The van der Waals surface area contributed by atoms with Crippen LogP contribution in [-0.4, -0.2) is 11.6 Å². The van der Waals surface area contributed by atoms with E-state index in [1.807, 2.05) is 0 Å². The van der Waals surface area contributed by atoms with E-state index >= 15 is 0 Å². The fraction of sp³-hybridized carbons (Fsp3) is 0.308. The van der Waals surface area contributed by atoms with Crippen LogP contribution in [0.15, 0.2) is 36.4 Å². The van der Waals surface area contributed by atoms with Gasteiger partial charge >= 0.3 is 0 Å². The highest BCUT2D eigenvalue weighted by atomic mass is 32.1. The lowest BCUT2D eigenvalue weighted by atomic mass is 9.70. The molecule has 3 aliphatic carbocycles. The van der Waals surface area contributed by atoms with E-state index < -0.39 is 0 Å². The molecule has 0 aromatic carbocycles. The van der Waals surface area contributed by atoms with Gasteiger partial charge in [-0.2, -0.15) is 0 Å². The third kappa shape index (κ3) is 2.67. The summed E-state index contributed by atoms with van der Waals surface area (Å²) in [5.74, 6) is 1.15. The summed E-state index contributed by atoms with van der Waals surface area (Å²) in [5, 5.41) is 0. The van der Waals surface area contributed by atoms with E-state index in [2.05, 4.69) is 50.2 Å². The summed E-state index contributed by atoms with van der Waals surface area (Å²) in [6.45, 7) is 4.24. The fourth-order valence-corrected chi connectivity index (χ4v) is 10.5. The summed E-state index contributed by atoms with van der Waals surface area (Å²) in [6, 6.07) is 12.8. The van der Waals surface area contributed by atoms with Crippen LogP contribution in [0.5, 0.6) is 0 Å². The molecule has 32 heavy (non-hydrogen) atoms. The number of hydrogen-bond donors (Lipinski definition) is 0. The van der Waals surface area contributed by atoms with Crippen LogP contribution in [0.2, 0.25) is 0 Å². The summed E-state index contributed by atoms with van der Waals surface area (Å²) < 4.78 is 0. The second kappa shape index (κ2) is 6.83. The first-order valence-corrected chi connectivity index (χ1v) is 14.2. The lowest BCUT2D eigenvalue weighted by Crippen LogP contribution is -2.29. The molecule has 4 heterocycles. The maximum Gasteiger partial charge on any atom is 0.167 e. The third-order valence-electron chi connectivity index (χ3n) is 7.35. The minimum Gasteiger partial charge on any atom is -0.294 e. The van der Waals surface area contributed by atoms with Crippen molar-refractivity contribution < 1.29 is 9.59 Å². The molecule has 4 aromatic heterocycles. The first kappa shape index (κ1) is 19.6. The van der Waals surface area contributed by atoms with E-state index in [1.165, 1.54) is 39.0 Å². The molecule has 160 valence electrons. The molecular formula is C26H20O2S4. The second-order valence-corrected chi connectivity index (χ2v) is 14.0. The van der Waals surface area contributed by atoms with E-state index in [0.717, 1.165) is 24.0 Å². The van der Waals surface area contributed by atoms with Crippen LogP contribution in [0.3, 0.4) is 0 Å². The molecule has 7 rings (SSSR count). The van der Waals surface area contributed by atoms with Gasteiger partial charge in [0.25, 0.3) is 0 Å². The van der Waals surface area contributed by atoms with Gasteiger partial charge in [0, 0.05) is 73.8 Å². The Morgan fingerprint density at radius 1 is 0.594 bits per heavy atom. The Bertz CT molecular complexity index is 1320. The van der Waals surface area contributed by atoms with Crippen LogP contribution >= 0.6 is 45.3 Å². The smallest absolute Gasteiger partial charge is 0.167 e. The molecule has 2 nitrogen and oxygen atoms in total. The van der Waals surface area contributed by atoms with Gasteiger partial charge in [0.2, 0.25) is 0 Å². The molecule has 4 unspecified atom stereocenters. The van der Waals surface area contributed by atoms with Crippen molar-refractivity contribution in [3.05, 3.63) is 67.0 Å². The number of carbonyl (C=O) groups is 2. The highest BCUT2D eigenvalue weighted by Crippen LogP contribution is 2.60. The molecule has 0 amide bonds. The second-order valence-electron chi connectivity index (χ2n) is 9.22. The van der Waals surface area contributed by atoms with E-state index in [-0.39, 0.29) is 23.7 Å². The van der Waals surface area contributed by atoms with Crippen molar-refractivity contribution >= 4 is 56.9 Å². The molecular weight excluding hydrogens is 473 g/mol. The van der Waals surface area contributed by atoms with Crippen molar-refractivity contribution in [1.29, 1.82) is 0 Å². The Labute approximate surface area is 202 Å². The number of thiophene rings is 4. The molecule has 0 bridgehead atoms. The van der Waals surface area contributed by atoms with Gasteiger partial charge in [0.15, 0.2) is 11.6 Å². The number of rotatable bonds is 2. The maximum atomic E-state index is 13.4. The van der Waals surface area contributed by atoms with Crippen molar-refractivity contribution in [3.63, 3.8) is 0 Å². The van der Waals surface area contributed by atoms with Crippen LogP contribution in [0.1, 0.15) is 64.9 Å². The summed E-state index contributed by atoms with van der Waals surface area (Å²) >= 11 is 7.14. The number of Topliss-reactive ketones (excluding diaryl/α,β-unsaturated/α-hetero) is 2. The zero-order valence-corrected chi connectivity index (χ0v) is 20.9. The average Bonchev–Trinajstić information content (AvgIpc) is 3.58. The molecule has 0 saturated heterocycles. The lowest BCUT2D eigenvalue weighted by Gasteiger charge is -2.33. The van der Waals surface area contributed by atoms with Crippen LogP contribution in [0, 0.1) is 25.7 Å². The number of hydrogen-bond acceptors (Lipinski definition) is 6. The zero-order chi connectivity index (χ0) is 21.7. The molecule has 1 saturated carbocycles. The highest BCUT2D eigenvalue weighted by molar-refractivity contribution is 7.23. The van der Waals surface area contributed by atoms with E-state index in [0.29, 0.717) is 11.6 Å². The SMILES string of the molecule is Cc1ccc(-c2cc3c(s2)C2CC4C(=O)c5cc(-c6ccc(C)s6)sc5C4CC2C3=O)s1. The van der Waals surface area contributed by atoms with Crippen LogP contribution in [0.25, 0.3) is 19.5 Å². The van der Waals surface area contributed by atoms with Gasteiger partial charge in [-0.05, 0) is 63.1 Å². The predicted octanol–water partition coefficient (Wildman–Crippen LogP) is 8.17. The van der Waals surface area contributed by atoms with E-state index in [4.69, 9.17) is 0 Å². The van der Waals surface area contributed by atoms with Crippen molar-refractivity contribution in [2.24, 2.45) is 11.8 Å². The molecule has 4 atom stereocenters. The molecule has 6 heteroatoms. The highest BCUT2D eigenvalue weighted by Gasteiger charge is 2.53. The van der Waals surface area contributed by atoms with Crippen molar-refractivity contribution in [2.45, 2.75) is 38.5 Å². The van der Waals surface area contributed by atoms with Gasteiger partial charge in [0.1, 0.15) is 0 Å². The van der Waals surface area contributed by atoms with Gasteiger partial charge < -0.3 is 0 Å². The number of ketones is 2. The molecule has 0 aliphatic heterocycles. The van der Waals surface area contributed by atoms with Crippen molar-refractivity contribution in [2.75, 3.05) is 0 Å². The standard InChI is InChI=1S/C26H20O2S4/c1-11-3-5-19(29-11)21-9-17-23(27)13-8-16-14(7-15(13)25(17)31-21)24(28)18-10-22(32-26(16)18)20-6-4-12(2)30-20/h3-6,9-10,13-16H,7-8H2,1-2H3. The van der Waals surface area contributed by atoms with Crippen LogP contribution in [0.4, 0.5) is 0 Å². The van der Waals surface area contributed by atoms with Gasteiger partial charge in [-0.25, -0.2) is 0 Å². The molecule has 0 N–H and O–H groups in total. The first-order valence-electron chi connectivity index (χ1n) is 11.0. The summed E-state index contributed by atoms with van der Waals surface area (Å²) in [5.41, 5.74) is 1.86. The summed E-state index contributed by atoms with van der Waals surface area (Å²) in [4.78, 5) is 36.8. The predicted molar refractivity (Wildman–Crippen MR) is 135 cm³/mol. The molecule has 0 radical (unpaired) electrons. The third-order valence-corrected chi connectivity index (χ3v) is 12.3. The summed E-state index contributed by atoms with van der Waals surface area (Å²) in [7, 11) is 0. The van der Waals surface area contributed by atoms with E-state index in [1.54, 1.807) is 45.3 Å². The van der Waals surface area contributed by atoms with Gasteiger partial charge in [-0.1, -0.05) is 0 Å². The van der Waals surface area contributed by atoms with Crippen LogP contribution in [-0.2, 0) is 0 Å². The van der Waals surface area contributed by atoms with Gasteiger partial charge in [-0.3, -0.25) is 9.59 Å². The largest absolute Gasteiger partial charge is 0.294 e. The van der Waals surface area contributed by atoms with E-state index in [9.17, 15) is 9.59 Å². The first-order chi connectivity index (χ1) is 15.5. The molecule has 4 aromatic rings. The van der Waals surface area contributed by atoms with Gasteiger partial charge in [-0.15, -0.1) is 45.3 Å². The topological polar surface area (TPSA) is 34.1 Å². The Morgan fingerprint density at radius 3 is 1.41 bits per heavy atom. The lowest BCUT2D eigenvalue weighted by molar-refractivity contribution is 0.0790. The van der Waals surface area contributed by atoms with Crippen molar-refractivity contribution in [3.8, 4) is 19.5 Å². The number of carbonyl (C=O) groups excluding carboxylic acids is 2. The molecule has 0 spiro atoms. The number of fused-ring (bicyclic) bond motifs is 6. The average molecular weight is 493 g/mol. The maximum absolute atomic E-state index is 13.4. The normalized spacial score (nSPS) is 25.7. The van der Waals surface area contributed by atoms with Crippen LogP contribution < -0.4 is 0 Å².